The summed E-state index contributed by atoms with van der Waals surface area (Å²) in [5.41, 5.74) is 14.5. The Hall–Kier alpha value is -6.32. The molecule has 10 aromatic rings. The van der Waals surface area contributed by atoms with Crippen molar-refractivity contribution in [3.8, 4) is 49.5 Å². The molecule has 2 aromatic carbocycles. The van der Waals surface area contributed by atoms with Gasteiger partial charge in [-0.15, -0.1) is 90.7 Å². The SMILES string of the molecule is CC1(C)OB(c2ccc(B3OC(C)(C)C(C)(C)O3)cc2)OC1(C)C.CCCCCCCc1cc(-c2ccc(C3=C4C(=O)N(CC(C)CCC)C(c5ccc(-c6cc(CCCCCCC)c(-c7ccc(C)cc7)s6)s5)=C4C(=O)N3CC(C)CCC)s2)sc1C.CCCC[CH+]CCc1cc(-c2ccc(C3=C4C(=O)N(CC(C)CCC)C(c5ccc(-c6cc(CCCCCCC)c(Br)s6)s5)=C4C(=O)N3CC(C)CCC)s2)sc1Br. The van der Waals surface area contributed by atoms with Gasteiger partial charge in [-0.25, -0.2) is 0 Å². The van der Waals surface area contributed by atoms with Gasteiger partial charge in [-0.05, 0) is 307 Å². The highest BCUT2D eigenvalue weighted by Gasteiger charge is 2.56. The standard InChI is InChI=1S/C56H72N2O2S4.C48H61Br2N2O2S4.C18H28B2O4/c1-9-13-15-17-19-23-42-33-48(61-40(42)8)44-29-31-46(62-44)52-50-51(56(60)57(52)35-38(6)21-11-3)53(58(55(50)59)36-39(7)22-12-4)47-32-30-45(63-47)49-34-43(24-20-18-16-14-10-2)54(64-49)41-27-25-37(5)26-28-41;1-7-11-13-15-17-21-33-27-39(57-45(33)49)35-23-25-37(55-35)43-41-42(48(54)51(43)29-31(5)19-9-3)44(52(47(41)53)30-32(6)20-10-4)38-26-24-36(56-38)40-28-34(46(50)58-40)22-18-16-14-12-8-2;1-15(2)16(3,4)22-19(21-15)13-9-11-14(12-10-13)20-23-17(5,6)18(7,8)24-20/h25-34,38-39H,9-24,35-36H2,1-8H3;15,23-28,31-32H,7-14,16-22,29-30H2,1-6H3;9-12H,1-8H3/q;+1;. The van der Waals surface area contributed by atoms with E-state index >= 15 is 19.2 Å². The van der Waals surface area contributed by atoms with Crippen LogP contribution in [0.2, 0.25) is 0 Å². The van der Waals surface area contributed by atoms with Crippen LogP contribution in [0.15, 0.2) is 151 Å². The second kappa shape index (κ2) is 52.5. The lowest BCUT2D eigenvalue weighted by Crippen LogP contribution is -2.41. The van der Waals surface area contributed by atoms with Gasteiger partial charge in [-0.2, -0.15) is 0 Å². The molecule has 0 aliphatic carbocycles. The van der Waals surface area contributed by atoms with Crippen molar-refractivity contribution in [2.45, 2.75) is 374 Å². The van der Waals surface area contributed by atoms with E-state index < -0.39 is 0 Å². The fraction of sp³-hybridized carbons (Fsp3) is 0.533. The molecule has 0 radical (unpaired) electrons. The molecule has 4 amide bonds. The Morgan fingerprint density at radius 1 is 0.308 bits per heavy atom. The van der Waals surface area contributed by atoms with Gasteiger partial charge < -0.3 is 38.2 Å². The molecule has 16 rings (SSSR count). The first-order chi connectivity index (χ1) is 70.0. The fourth-order valence-corrected chi connectivity index (χ4v) is 31.2. The summed E-state index contributed by atoms with van der Waals surface area (Å²) in [5, 5.41) is 0. The average molecular weight is 2250 g/mol. The second-order valence-electron chi connectivity index (χ2n) is 43.9. The van der Waals surface area contributed by atoms with Gasteiger partial charge in [-0.3, -0.25) is 19.2 Å². The molecule has 24 heteroatoms. The molecule has 4 unspecified atom stereocenters. The van der Waals surface area contributed by atoms with E-state index in [9.17, 15) is 0 Å². The molecule has 6 aliphatic heterocycles. The Bertz CT molecular complexity index is 5980. The number of fused-ring (bicyclic) bond motifs is 2. The molecule has 12 nitrogen and oxygen atoms in total. The quantitative estimate of drug-likeness (QED) is 0.0210. The molecule has 2 fully saturated rings. The Kier molecular flexibility index (Phi) is 41.5. The third-order valence-corrected chi connectivity index (χ3v) is 41.9. The van der Waals surface area contributed by atoms with E-state index in [1.165, 1.54) is 205 Å². The van der Waals surface area contributed by atoms with Gasteiger partial charge in [0.2, 0.25) is 0 Å². The van der Waals surface area contributed by atoms with Crippen molar-refractivity contribution in [3.05, 3.63) is 210 Å². The van der Waals surface area contributed by atoms with Gasteiger partial charge in [0.25, 0.3) is 23.6 Å². The van der Waals surface area contributed by atoms with Crippen molar-refractivity contribution in [1.82, 2.24) is 19.6 Å². The number of thiophene rings is 8. The lowest BCUT2D eigenvalue weighted by atomic mass is 9.74. The predicted octanol–water partition coefficient (Wildman–Crippen LogP) is 35.9. The van der Waals surface area contributed by atoms with Gasteiger partial charge in [0.15, 0.2) is 0 Å². The number of hydrogen-bond acceptors (Lipinski definition) is 16. The predicted molar refractivity (Wildman–Crippen MR) is 639 cm³/mol. The van der Waals surface area contributed by atoms with Gasteiger partial charge in [0.1, 0.15) is 0 Å². The normalized spacial score (nSPS) is 17.2. The number of hydrogen-bond donors (Lipinski definition) is 0. The topological polar surface area (TPSA) is 118 Å². The van der Waals surface area contributed by atoms with Crippen molar-refractivity contribution in [3.63, 3.8) is 0 Å². The number of carbonyl (C=O) groups excluding carboxylic acids is 4. The molecular formula is C122H161B2Br2N4O8S8+. The van der Waals surface area contributed by atoms with Crippen molar-refractivity contribution in [2.75, 3.05) is 26.2 Å². The lowest BCUT2D eigenvalue weighted by molar-refractivity contribution is -0.124. The van der Waals surface area contributed by atoms with Crippen molar-refractivity contribution >= 4 is 194 Å². The van der Waals surface area contributed by atoms with E-state index in [-0.39, 0.29) is 60.3 Å². The van der Waals surface area contributed by atoms with Crippen LogP contribution in [0.4, 0.5) is 0 Å². The number of benzene rings is 2. The van der Waals surface area contributed by atoms with E-state index in [0.29, 0.717) is 72.1 Å². The zero-order chi connectivity index (χ0) is 105. The summed E-state index contributed by atoms with van der Waals surface area (Å²) < 4.78 is 26.8. The van der Waals surface area contributed by atoms with Crippen molar-refractivity contribution in [2.24, 2.45) is 23.7 Å². The first-order valence-electron chi connectivity index (χ1n) is 55.2. The first-order valence-corrected chi connectivity index (χ1v) is 63.3. The Balaban J connectivity index is 0.000000189. The molecule has 0 spiro atoms. The van der Waals surface area contributed by atoms with Crippen LogP contribution in [0.1, 0.15) is 364 Å². The van der Waals surface area contributed by atoms with Gasteiger partial charge in [-0.1, -0.05) is 246 Å². The summed E-state index contributed by atoms with van der Waals surface area (Å²) in [6.45, 7) is 50.1. The minimum Gasteiger partial charge on any atom is -0.399 e. The molecule has 146 heavy (non-hydrogen) atoms. The van der Waals surface area contributed by atoms with Crippen LogP contribution in [0.3, 0.4) is 0 Å². The van der Waals surface area contributed by atoms with Gasteiger partial charge >= 0.3 is 14.2 Å². The highest BCUT2D eigenvalue weighted by molar-refractivity contribution is 9.11. The van der Waals surface area contributed by atoms with E-state index in [1.807, 2.05) is 66.5 Å². The highest BCUT2D eigenvalue weighted by Crippen LogP contribution is 2.56. The fourth-order valence-electron chi connectivity index (χ4n) is 20.7. The molecular weight excluding hydrogens is 2090 g/mol. The molecule has 0 N–H and O–H groups in total. The first kappa shape index (κ1) is 115. The maximum absolute atomic E-state index is 15.2. The summed E-state index contributed by atoms with van der Waals surface area (Å²) >= 11 is 22.0. The number of rotatable bonds is 51. The molecule has 2 saturated heterocycles. The van der Waals surface area contributed by atoms with Crippen LogP contribution < -0.4 is 10.9 Å². The summed E-state index contributed by atoms with van der Waals surface area (Å²) in [5.74, 6) is 1.11. The van der Waals surface area contributed by atoms with E-state index in [1.54, 1.807) is 68.0 Å². The maximum Gasteiger partial charge on any atom is 0.494 e. The lowest BCUT2D eigenvalue weighted by Gasteiger charge is -2.32. The van der Waals surface area contributed by atoms with Crippen LogP contribution in [-0.2, 0) is 63.5 Å². The van der Waals surface area contributed by atoms with Crippen molar-refractivity contribution in [1.29, 1.82) is 0 Å². The smallest absolute Gasteiger partial charge is 0.399 e. The van der Waals surface area contributed by atoms with Crippen molar-refractivity contribution < 1.29 is 37.8 Å². The Labute approximate surface area is 925 Å². The van der Waals surface area contributed by atoms with Gasteiger partial charge in [0.05, 0.1) is 114 Å². The largest absolute Gasteiger partial charge is 0.494 e. The minimum absolute atomic E-state index is 0.0210. The monoisotopic (exact) mass is 2250 g/mol. The number of unbranched alkanes of at least 4 members (excludes halogenated alkanes) is 16. The minimum atomic E-state index is -0.345. The molecule has 8 aromatic heterocycles. The molecule has 6 aliphatic rings. The summed E-state index contributed by atoms with van der Waals surface area (Å²) in [6.07, 6.45) is 38.8. The van der Waals surface area contributed by atoms with Gasteiger partial charge in [0, 0.05) is 81.4 Å². The van der Waals surface area contributed by atoms with Crippen LogP contribution in [0, 0.1) is 43.9 Å². The molecule has 0 saturated carbocycles. The van der Waals surface area contributed by atoms with Crippen LogP contribution in [0.25, 0.3) is 72.2 Å². The zero-order valence-corrected chi connectivity index (χ0v) is 101. The number of aryl methyl sites for hydroxylation is 6. The molecule has 784 valence electrons. The number of halogens is 2. The highest BCUT2D eigenvalue weighted by atomic mass is 79.9. The van der Waals surface area contributed by atoms with E-state index in [2.05, 4.69) is 288 Å². The summed E-state index contributed by atoms with van der Waals surface area (Å²) in [4.78, 5) is 84.9. The Morgan fingerprint density at radius 2 is 0.596 bits per heavy atom. The maximum atomic E-state index is 15.2. The van der Waals surface area contributed by atoms with Crippen LogP contribution in [0.5, 0.6) is 0 Å². The Morgan fingerprint density at radius 3 is 0.932 bits per heavy atom. The zero-order valence-electron chi connectivity index (χ0n) is 91.4. The third-order valence-electron chi connectivity index (χ3n) is 30.5. The summed E-state index contributed by atoms with van der Waals surface area (Å²) in [7, 11) is -0.690. The number of amides is 4. The molecule has 0 bridgehead atoms. The second-order valence-corrected chi connectivity index (χ2v) is 55.3. The summed E-state index contributed by atoms with van der Waals surface area (Å²) in [6, 6.07) is 44.1. The molecule has 4 atom stereocenters. The number of carbonyl (C=O) groups is 4. The number of nitrogens with zero attached hydrogens (tertiary/aromatic N) is 4. The average Bonchev–Trinajstić information content (AvgIpc) is 1.55. The van der Waals surface area contributed by atoms with E-state index in [4.69, 9.17) is 18.6 Å². The van der Waals surface area contributed by atoms with Crippen LogP contribution in [-0.4, -0.2) is 106 Å². The van der Waals surface area contributed by atoms with Crippen LogP contribution >= 0.6 is 123 Å². The third kappa shape index (κ3) is 27.2. The molecule has 14 heterocycles. The van der Waals surface area contributed by atoms with E-state index in [0.717, 1.165) is 137 Å².